The summed E-state index contributed by atoms with van der Waals surface area (Å²) >= 11 is 1.44. The SMILES string of the molecule is CC(C)CN1CCOC(CNC(=O)c2csc(-c3cnn(-c4ccccc4)c3)n2)C1. The third-order valence-electron chi connectivity index (χ3n) is 4.92. The van der Waals surface area contributed by atoms with Crippen molar-refractivity contribution in [1.82, 2.24) is 25.0 Å². The highest BCUT2D eigenvalue weighted by atomic mass is 32.1. The monoisotopic (exact) mass is 425 g/mol. The molecule has 8 heteroatoms. The van der Waals surface area contributed by atoms with Crippen LogP contribution >= 0.6 is 11.3 Å². The molecule has 0 bridgehead atoms. The molecule has 1 aliphatic rings. The van der Waals surface area contributed by atoms with Crippen molar-refractivity contribution in [3.8, 4) is 16.3 Å². The number of nitrogens with one attached hydrogen (secondary N) is 1. The van der Waals surface area contributed by atoms with E-state index in [1.807, 2.05) is 36.5 Å². The van der Waals surface area contributed by atoms with Crippen LogP contribution < -0.4 is 5.32 Å². The highest BCUT2D eigenvalue weighted by Gasteiger charge is 2.22. The molecule has 4 rings (SSSR count). The van der Waals surface area contributed by atoms with Gasteiger partial charge in [-0.3, -0.25) is 9.69 Å². The molecule has 0 aliphatic carbocycles. The Morgan fingerprint density at radius 1 is 1.33 bits per heavy atom. The summed E-state index contributed by atoms with van der Waals surface area (Å²) < 4.78 is 7.62. The second kappa shape index (κ2) is 9.51. The van der Waals surface area contributed by atoms with Crippen molar-refractivity contribution in [3.63, 3.8) is 0 Å². The Bertz CT molecular complexity index is 969. The fourth-order valence-corrected chi connectivity index (χ4v) is 4.32. The molecule has 0 radical (unpaired) electrons. The van der Waals surface area contributed by atoms with Gasteiger partial charge in [0.2, 0.25) is 0 Å². The lowest BCUT2D eigenvalue weighted by Crippen LogP contribution is -2.48. The molecule has 3 heterocycles. The Morgan fingerprint density at radius 2 is 2.17 bits per heavy atom. The molecular formula is C22H27N5O2S. The number of ether oxygens (including phenoxy) is 1. The summed E-state index contributed by atoms with van der Waals surface area (Å²) in [6, 6.07) is 9.90. The molecule has 1 aromatic carbocycles. The number of para-hydroxylation sites is 1. The summed E-state index contributed by atoms with van der Waals surface area (Å²) in [5.74, 6) is 0.454. The quantitative estimate of drug-likeness (QED) is 0.630. The number of benzene rings is 1. The Hall–Kier alpha value is -2.55. The Balaban J connectivity index is 1.34. The number of thiazole rings is 1. The van der Waals surface area contributed by atoms with Crippen LogP contribution in [0.15, 0.2) is 48.1 Å². The van der Waals surface area contributed by atoms with Crippen LogP contribution in [0, 0.1) is 5.92 Å². The zero-order chi connectivity index (χ0) is 20.9. The van der Waals surface area contributed by atoms with Gasteiger partial charge in [0, 0.05) is 43.3 Å². The van der Waals surface area contributed by atoms with Crippen molar-refractivity contribution in [2.45, 2.75) is 20.0 Å². The molecule has 1 N–H and O–H groups in total. The lowest BCUT2D eigenvalue weighted by Gasteiger charge is -2.33. The summed E-state index contributed by atoms with van der Waals surface area (Å²) in [4.78, 5) is 19.5. The smallest absolute Gasteiger partial charge is 0.270 e. The Morgan fingerprint density at radius 3 is 2.97 bits per heavy atom. The summed E-state index contributed by atoms with van der Waals surface area (Å²) in [6.45, 7) is 8.49. The van der Waals surface area contributed by atoms with Gasteiger partial charge in [0.15, 0.2) is 0 Å². The highest BCUT2D eigenvalue weighted by molar-refractivity contribution is 7.13. The number of hydrogen-bond acceptors (Lipinski definition) is 6. The van der Waals surface area contributed by atoms with E-state index >= 15 is 0 Å². The van der Waals surface area contributed by atoms with Crippen LogP contribution in [-0.4, -0.2) is 64.5 Å². The van der Waals surface area contributed by atoms with Gasteiger partial charge in [0.05, 0.1) is 24.6 Å². The molecule has 1 fully saturated rings. The third kappa shape index (κ3) is 5.13. The van der Waals surface area contributed by atoms with Gasteiger partial charge >= 0.3 is 0 Å². The number of aromatic nitrogens is 3. The third-order valence-corrected chi connectivity index (χ3v) is 5.82. The van der Waals surface area contributed by atoms with Crippen molar-refractivity contribution in [2.75, 3.05) is 32.8 Å². The van der Waals surface area contributed by atoms with Crippen molar-refractivity contribution < 1.29 is 9.53 Å². The van der Waals surface area contributed by atoms with E-state index in [0.717, 1.165) is 35.9 Å². The number of carbonyl (C=O) groups is 1. The molecule has 0 saturated carbocycles. The number of rotatable bonds is 7. The topological polar surface area (TPSA) is 72.3 Å². The van der Waals surface area contributed by atoms with E-state index in [4.69, 9.17) is 4.74 Å². The van der Waals surface area contributed by atoms with Gasteiger partial charge < -0.3 is 10.1 Å². The first-order chi connectivity index (χ1) is 14.6. The predicted octanol–water partition coefficient (Wildman–Crippen LogP) is 3.08. The van der Waals surface area contributed by atoms with Gasteiger partial charge in [-0.2, -0.15) is 5.10 Å². The van der Waals surface area contributed by atoms with Crippen molar-refractivity contribution in [3.05, 3.63) is 53.8 Å². The van der Waals surface area contributed by atoms with Gasteiger partial charge in [0.1, 0.15) is 10.7 Å². The fourth-order valence-electron chi connectivity index (χ4n) is 3.55. The Labute approximate surface area is 180 Å². The molecule has 3 aromatic rings. The summed E-state index contributed by atoms with van der Waals surface area (Å²) in [5, 5.41) is 9.94. The van der Waals surface area contributed by atoms with E-state index in [9.17, 15) is 4.79 Å². The van der Waals surface area contributed by atoms with E-state index in [-0.39, 0.29) is 12.0 Å². The van der Waals surface area contributed by atoms with Crippen LogP contribution in [0.25, 0.3) is 16.3 Å². The summed E-state index contributed by atoms with van der Waals surface area (Å²) in [5.41, 5.74) is 2.30. The van der Waals surface area contributed by atoms with E-state index < -0.39 is 0 Å². The molecule has 1 unspecified atom stereocenters. The minimum atomic E-state index is -0.169. The summed E-state index contributed by atoms with van der Waals surface area (Å²) in [6.07, 6.45) is 3.71. The maximum absolute atomic E-state index is 12.6. The lowest BCUT2D eigenvalue weighted by molar-refractivity contribution is -0.0295. The number of nitrogens with zero attached hydrogens (tertiary/aromatic N) is 4. The standard InChI is InChI=1S/C22H27N5O2S/c1-16(2)12-26-8-9-29-19(14-26)11-23-21(28)20-15-30-22(25-20)17-10-24-27(13-17)18-6-4-3-5-7-18/h3-7,10,13,15-16,19H,8-9,11-12,14H2,1-2H3,(H,23,28). The number of hydrogen-bond donors (Lipinski definition) is 1. The van der Waals surface area contributed by atoms with Crippen LogP contribution in [0.2, 0.25) is 0 Å². The minimum absolute atomic E-state index is 0.0173. The van der Waals surface area contributed by atoms with Crippen LogP contribution in [0.1, 0.15) is 24.3 Å². The Kier molecular flexibility index (Phi) is 6.56. The zero-order valence-corrected chi connectivity index (χ0v) is 18.1. The molecule has 1 atom stereocenters. The first kappa shape index (κ1) is 20.7. The lowest BCUT2D eigenvalue weighted by atomic mass is 10.2. The highest BCUT2D eigenvalue weighted by Crippen LogP contribution is 2.24. The molecule has 158 valence electrons. The normalized spacial score (nSPS) is 17.4. The van der Waals surface area contributed by atoms with Crippen LogP contribution in [-0.2, 0) is 4.74 Å². The number of morpholine rings is 1. The molecule has 7 nitrogen and oxygen atoms in total. The van der Waals surface area contributed by atoms with E-state index in [1.54, 1.807) is 16.3 Å². The van der Waals surface area contributed by atoms with E-state index in [1.165, 1.54) is 11.3 Å². The second-order valence-electron chi connectivity index (χ2n) is 7.90. The molecule has 1 aliphatic heterocycles. The molecule has 30 heavy (non-hydrogen) atoms. The average Bonchev–Trinajstić information content (AvgIpc) is 3.42. The van der Waals surface area contributed by atoms with Crippen molar-refractivity contribution in [1.29, 1.82) is 0 Å². The molecule has 1 amide bonds. The predicted molar refractivity (Wildman–Crippen MR) is 118 cm³/mol. The molecule has 1 saturated heterocycles. The number of amides is 1. The van der Waals surface area contributed by atoms with Crippen LogP contribution in [0.3, 0.4) is 0 Å². The minimum Gasteiger partial charge on any atom is -0.374 e. The first-order valence-electron chi connectivity index (χ1n) is 10.3. The van der Waals surface area contributed by atoms with E-state index in [0.29, 0.717) is 24.8 Å². The first-order valence-corrected chi connectivity index (χ1v) is 11.1. The van der Waals surface area contributed by atoms with Gasteiger partial charge in [0.25, 0.3) is 5.91 Å². The van der Waals surface area contributed by atoms with Crippen LogP contribution in [0.4, 0.5) is 0 Å². The van der Waals surface area contributed by atoms with Crippen LogP contribution in [0.5, 0.6) is 0 Å². The van der Waals surface area contributed by atoms with Gasteiger partial charge in [-0.15, -0.1) is 11.3 Å². The maximum Gasteiger partial charge on any atom is 0.270 e. The van der Waals surface area contributed by atoms with E-state index in [2.05, 4.69) is 34.1 Å². The van der Waals surface area contributed by atoms with Crippen molar-refractivity contribution >= 4 is 17.2 Å². The molecule has 2 aromatic heterocycles. The largest absolute Gasteiger partial charge is 0.374 e. The maximum atomic E-state index is 12.6. The second-order valence-corrected chi connectivity index (χ2v) is 8.76. The van der Waals surface area contributed by atoms with Gasteiger partial charge in [-0.25, -0.2) is 9.67 Å². The molecular weight excluding hydrogens is 398 g/mol. The van der Waals surface area contributed by atoms with Gasteiger partial charge in [-0.1, -0.05) is 32.0 Å². The molecule has 0 spiro atoms. The average molecular weight is 426 g/mol. The number of carbonyl (C=O) groups excluding carboxylic acids is 1. The van der Waals surface area contributed by atoms with Crippen molar-refractivity contribution in [2.24, 2.45) is 5.92 Å². The van der Waals surface area contributed by atoms with Gasteiger partial charge in [-0.05, 0) is 18.1 Å². The zero-order valence-electron chi connectivity index (χ0n) is 17.3. The fraction of sp³-hybridized carbons (Fsp3) is 0.409. The summed E-state index contributed by atoms with van der Waals surface area (Å²) in [7, 11) is 0.